The molecule has 2 atom stereocenters. The summed E-state index contributed by atoms with van der Waals surface area (Å²) in [6, 6.07) is 4.72. The van der Waals surface area contributed by atoms with E-state index in [4.69, 9.17) is 0 Å². The van der Waals surface area contributed by atoms with Crippen LogP contribution in [-0.4, -0.2) is 47.9 Å². The minimum absolute atomic E-state index is 0.0752. The topological polar surface area (TPSA) is 35.6 Å². The molecular weight excluding hydrogens is 270 g/mol. The summed E-state index contributed by atoms with van der Waals surface area (Å²) in [5, 5.41) is 3.35. The van der Waals surface area contributed by atoms with E-state index in [2.05, 4.69) is 36.2 Å². The number of nitrogens with zero attached hydrogens (tertiary/aromatic N) is 2. The number of hydrogen-bond acceptors (Lipinski definition) is 4. The second-order valence-electron chi connectivity index (χ2n) is 5.87. The van der Waals surface area contributed by atoms with Crippen molar-refractivity contribution in [1.82, 2.24) is 15.1 Å². The lowest BCUT2D eigenvalue weighted by atomic mass is 10.2. The van der Waals surface area contributed by atoms with Gasteiger partial charge in [-0.15, -0.1) is 11.3 Å². The molecule has 0 aliphatic carbocycles. The van der Waals surface area contributed by atoms with E-state index in [9.17, 15) is 4.79 Å². The van der Waals surface area contributed by atoms with Crippen LogP contribution in [0.3, 0.4) is 0 Å². The molecule has 1 aromatic heterocycles. The Morgan fingerprint density at radius 1 is 1.40 bits per heavy atom. The van der Waals surface area contributed by atoms with Gasteiger partial charge in [-0.05, 0) is 51.9 Å². The third-order valence-corrected chi connectivity index (χ3v) is 5.39. The number of rotatable bonds is 4. The van der Waals surface area contributed by atoms with Crippen molar-refractivity contribution in [3.05, 3.63) is 21.9 Å². The average molecular weight is 293 g/mol. The molecule has 0 saturated carbocycles. The molecule has 2 aliphatic heterocycles. The van der Waals surface area contributed by atoms with Crippen molar-refractivity contribution in [2.24, 2.45) is 0 Å². The lowest BCUT2D eigenvalue weighted by molar-refractivity contribution is -0.128. The fourth-order valence-electron chi connectivity index (χ4n) is 3.18. The number of amides is 1. The maximum absolute atomic E-state index is 12.2. The molecule has 0 spiro atoms. The predicted molar refractivity (Wildman–Crippen MR) is 81.8 cm³/mol. The van der Waals surface area contributed by atoms with Crippen LogP contribution >= 0.6 is 11.3 Å². The van der Waals surface area contributed by atoms with Crippen molar-refractivity contribution in [1.29, 1.82) is 0 Å². The second kappa shape index (κ2) is 5.84. The third-order valence-electron chi connectivity index (χ3n) is 4.33. The van der Waals surface area contributed by atoms with Gasteiger partial charge in [0.05, 0.1) is 6.54 Å². The maximum atomic E-state index is 12.2. The Kier molecular flexibility index (Phi) is 4.10. The van der Waals surface area contributed by atoms with Crippen LogP contribution in [0, 0.1) is 6.92 Å². The zero-order valence-corrected chi connectivity index (χ0v) is 13.1. The van der Waals surface area contributed by atoms with Crippen molar-refractivity contribution in [2.45, 2.75) is 38.9 Å². The van der Waals surface area contributed by atoms with Crippen LogP contribution in [0.5, 0.6) is 0 Å². The highest BCUT2D eigenvalue weighted by Crippen LogP contribution is 2.29. The third kappa shape index (κ3) is 2.75. The molecule has 0 radical (unpaired) electrons. The molecule has 3 rings (SSSR count). The van der Waals surface area contributed by atoms with Crippen LogP contribution < -0.4 is 5.32 Å². The summed E-state index contributed by atoms with van der Waals surface area (Å²) in [6.45, 7) is 8.01. The molecule has 2 aliphatic rings. The second-order valence-corrected chi connectivity index (χ2v) is 7.19. The Balaban J connectivity index is 1.70. The van der Waals surface area contributed by atoms with Crippen LogP contribution in [0.4, 0.5) is 0 Å². The van der Waals surface area contributed by atoms with Gasteiger partial charge in [0.1, 0.15) is 6.17 Å². The van der Waals surface area contributed by atoms with Crippen molar-refractivity contribution < 1.29 is 4.79 Å². The van der Waals surface area contributed by atoms with E-state index in [1.54, 1.807) is 11.3 Å². The molecule has 0 bridgehead atoms. The number of aryl methyl sites for hydroxylation is 1. The van der Waals surface area contributed by atoms with Crippen LogP contribution in [0.25, 0.3) is 0 Å². The van der Waals surface area contributed by atoms with E-state index in [-0.39, 0.29) is 12.1 Å². The summed E-state index contributed by atoms with van der Waals surface area (Å²) in [4.78, 5) is 19.2. The van der Waals surface area contributed by atoms with Crippen LogP contribution in [0.15, 0.2) is 12.1 Å². The average Bonchev–Trinajstić information content (AvgIpc) is 3.12. The lowest BCUT2D eigenvalue weighted by Gasteiger charge is -2.31. The summed E-state index contributed by atoms with van der Waals surface area (Å²) in [7, 11) is 0. The van der Waals surface area contributed by atoms with Gasteiger partial charge in [-0.2, -0.15) is 0 Å². The van der Waals surface area contributed by atoms with E-state index in [1.165, 1.54) is 35.7 Å². The van der Waals surface area contributed by atoms with E-state index in [1.807, 2.05) is 4.90 Å². The number of nitrogens with one attached hydrogen (secondary N) is 1. The Bertz CT molecular complexity index is 481. The van der Waals surface area contributed by atoms with Crippen molar-refractivity contribution in [3.8, 4) is 0 Å². The first kappa shape index (κ1) is 14.0. The molecule has 5 heteroatoms. The highest BCUT2D eigenvalue weighted by molar-refractivity contribution is 7.12. The number of thiophene rings is 1. The minimum atomic E-state index is 0.0752. The van der Waals surface area contributed by atoms with Gasteiger partial charge in [0, 0.05) is 22.3 Å². The molecule has 1 amide bonds. The Morgan fingerprint density at radius 2 is 2.15 bits per heavy atom. The minimum Gasteiger partial charge on any atom is -0.319 e. The van der Waals surface area contributed by atoms with Crippen LogP contribution in [0.1, 0.15) is 35.7 Å². The molecule has 1 N–H and O–H groups in total. The zero-order valence-electron chi connectivity index (χ0n) is 12.3. The first-order chi connectivity index (χ1) is 9.65. The first-order valence-corrected chi connectivity index (χ1v) is 8.30. The van der Waals surface area contributed by atoms with E-state index in [0.29, 0.717) is 12.6 Å². The summed E-state index contributed by atoms with van der Waals surface area (Å²) >= 11 is 1.78. The van der Waals surface area contributed by atoms with Crippen LogP contribution in [0.2, 0.25) is 0 Å². The monoisotopic (exact) mass is 293 g/mol. The first-order valence-electron chi connectivity index (χ1n) is 7.48. The summed E-state index contributed by atoms with van der Waals surface area (Å²) < 4.78 is 0. The molecule has 20 heavy (non-hydrogen) atoms. The molecule has 1 aromatic rings. The Labute approximate surface area is 124 Å². The van der Waals surface area contributed by atoms with Gasteiger partial charge in [-0.25, -0.2) is 0 Å². The molecule has 3 heterocycles. The van der Waals surface area contributed by atoms with Gasteiger partial charge >= 0.3 is 0 Å². The molecule has 110 valence electrons. The standard InChI is InChI=1S/C15H23N3OS/c1-11(17-7-3-4-8-17)10-18-14(19)9-16-15(18)13-6-5-12(2)20-13/h5-6,11,15-16H,3-4,7-10H2,1-2H3. The van der Waals surface area contributed by atoms with Gasteiger partial charge in [0.25, 0.3) is 0 Å². The number of carbonyl (C=O) groups is 1. The normalized spacial score (nSPS) is 25.6. The molecular formula is C15H23N3OS. The van der Waals surface area contributed by atoms with E-state index < -0.39 is 0 Å². The number of carbonyl (C=O) groups excluding carboxylic acids is 1. The highest BCUT2D eigenvalue weighted by atomic mass is 32.1. The number of likely N-dealkylation sites (tertiary alicyclic amines) is 1. The fourth-order valence-corrected chi connectivity index (χ4v) is 4.15. The Hall–Kier alpha value is -0.910. The summed E-state index contributed by atoms with van der Waals surface area (Å²) in [5.41, 5.74) is 0. The largest absolute Gasteiger partial charge is 0.319 e. The van der Waals surface area contributed by atoms with Crippen molar-refractivity contribution in [3.63, 3.8) is 0 Å². The predicted octanol–water partition coefficient (Wildman–Crippen LogP) is 1.97. The number of hydrogen-bond donors (Lipinski definition) is 1. The molecule has 2 fully saturated rings. The van der Waals surface area contributed by atoms with Crippen molar-refractivity contribution >= 4 is 17.2 Å². The Morgan fingerprint density at radius 3 is 2.80 bits per heavy atom. The van der Waals surface area contributed by atoms with Gasteiger partial charge in [-0.3, -0.25) is 15.0 Å². The SMILES string of the molecule is Cc1ccc(C2NCC(=O)N2CC(C)N2CCCC2)s1. The van der Waals surface area contributed by atoms with E-state index in [0.717, 1.165) is 6.54 Å². The summed E-state index contributed by atoms with van der Waals surface area (Å²) in [6.07, 6.45) is 2.67. The quantitative estimate of drug-likeness (QED) is 0.922. The van der Waals surface area contributed by atoms with Gasteiger partial charge in [0.2, 0.25) is 5.91 Å². The summed E-state index contributed by atoms with van der Waals surface area (Å²) in [5.74, 6) is 0.229. The maximum Gasteiger partial charge on any atom is 0.238 e. The van der Waals surface area contributed by atoms with Gasteiger partial charge in [-0.1, -0.05) is 0 Å². The highest BCUT2D eigenvalue weighted by Gasteiger charge is 2.34. The van der Waals surface area contributed by atoms with Crippen molar-refractivity contribution in [2.75, 3.05) is 26.2 Å². The molecule has 4 nitrogen and oxygen atoms in total. The van der Waals surface area contributed by atoms with Crippen LogP contribution in [-0.2, 0) is 4.79 Å². The van der Waals surface area contributed by atoms with E-state index >= 15 is 0 Å². The fraction of sp³-hybridized carbons (Fsp3) is 0.667. The molecule has 2 saturated heterocycles. The molecule has 2 unspecified atom stereocenters. The molecule has 0 aromatic carbocycles. The van der Waals surface area contributed by atoms with Gasteiger partial charge < -0.3 is 4.90 Å². The smallest absolute Gasteiger partial charge is 0.238 e. The zero-order chi connectivity index (χ0) is 14.1. The van der Waals surface area contributed by atoms with Gasteiger partial charge in [0.15, 0.2) is 0 Å². The lowest BCUT2D eigenvalue weighted by Crippen LogP contribution is -2.43.